The number of nitrogens with zero attached hydrogens (tertiary/aromatic N) is 3. The van der Waals surface area contributed by atoms with Gasteiger partial charge >= 0.3 is 0 Å². The van der Waals surface area contributed by atoms with Crippen LogP contribution in [0, 0.1) is 0 Å². The van der Waals surface area contributed by atoms with E-state index in [1.165, 1.54) is 0 Å². The summed E-state index contributed by atoms with van der Waals surface area (Å²) in [5.74, 6) is 1.40. The van der Waals surface area contributed by atoms with Gasteiger partial charge in [-0.15, -0.1) is 0 Å². The van der Waals surface area contributed by atoms with Crippen molar-refractivity contribution in [2.75, 3.05) is 27.2 Å². The smallest absolute Gasteiger partial charge is 0.234 e. The molecule has 0 aromatic carbocycles. The Morgan fingerprint density at radius 3 is 2.71 bits per heavy atom. The molecule has 2 aliphatic rings. The van der Waals surface area contributed by atoms with Gasteiger partial charge in [-0.05, 0) is 58.0 Å². The molecule has 24 heavy (non-hydrogen) atoms. The molecule has 2 fully saturated rings. The molecule has 1 saturated carbocycles. The summed E-state index contributed by atoms with van der Waals surface area (Å²) in [7, 11) is 4.07. The number of hydrogen-bond acceptors (Lipinski definition) is 5. The third-order valence-corrected chi connectivity index (χ3v) is 5.48. The molecule has 128 valence electrons. The summed E-state index contributed by atoms with van der Waals surface area (Å²) in [6, 6.07) is 5.81. The molecule has 1 saturated heterocycles. The van der Waals surface area contributed by atoms with Gasteiger partial charge in [0.15, 0.2) is 5.76 Å². The molecule has 1 amide bonds. The summed E-state index contributed by atoms with van der Waals surface area (Å²) in [5.41, 5.74) is 0.241. The van der Waals surface area contributed by atoms with Gasteiger partial charge in [-0.3, -0.25) is 4.79 Å². The van der Waals surface area contributed by atoms with E-state index in [0.29, 0.717) is 17.6 Å². The maximum atomic E-state index is 13.1. The van der Waals surface area contributed by atoms with E-state index < -0.39 is 5.41 Å². The summed E-state index contributed by atoms with van der Waals surface area (Å²) >= 11 is 0. The van der Waals surface area contributed by atoms with Gasteiger partial charge in [0.2, 0.25) is 11.7 Å². The van der Waals surface area contributed by atoms with Crippen LogP contribution in [0.1, 0.15) is 31.4 Å². The zero-order valence-corrected chi connectivity index (χ0v) is 14.2. The van der Waals surface area contributed by atoms with Crippen molar-refractivity contribution in [3.8, 4) is 11.5 Å². The van der Waals surface area contributed by atoms with Crippen molar-refractivity contribution >= 4 is 5.91 Å². The lowest BCUT2D eigenvalue weighted by molar-refractivity contribution is -0.135. The van der Waals surface area contributed by atoms with E-state index in [2.05, 4.69) is 17.1 Å². The fourth-order valence-corrected chi connectivity index (χ4v) is 3.63. The van der Waals surface area contributed by atoms with Gasteiger partial charge in [-0.2, -0.15) is 0 Å². The molecule has 0 spiro atoms. The lowest BCUT2D eigenvalue weighted by atomic mass is 9.97. The zero-order valence-electron chi connectivity index (χ0n) is 14.2. The van der Waals surface area contributed by atoms with Crippen LogP contribution in [0.5, 0.6) is 0 Å². The van der Waals surface area contributed by atoms with Crippen LogP contribution in [0.4, 0.5) is 0 Å². The van der Waals surface area contributed by atoms with Crippen molar-refractivity contribution in [2.24, 2.45) is 0 Å². The number of aromatic nitrogens is 1. The zero-order chi connectivity index (χ0) is 16.7. The molecular weight excluding hydrogens is 306 g/mol. The summed E-state index contributed by atoms with van der Waals surface area (Å²) in [6.45, 7) is 2.09. The topological polar surface area (TPSA) is 62.7 Å². The number of furan rings is 1. The van der Waals surface area contributed by atoms with Crippen molar-refractivity contribution < 1.29 is 13.7 Å². The SMILES string of the molecule is CN1CCC(N(C)C(=O)C2(c3cc(-c4ccco4)on3)CC2)CC1. The quantitative estimate of drug-likeness (QED) is 0.862. The number of carbonyl (C=O) groups excluding carboxylic acids is 1. The maximum Gasteiger partial charge on any atom is 0.234 e. The van der Waals surface area contributed by atoms with Gasteiger partial charge in [0, 0.05) is 19.2 Å². The van der Waals surface area contributed by atoms with Crippen LogP contribution in [0.25, 0.3) is 11.5 Å². The van der Waals surface area contributed by atoms with Crippen molar-refractivity contribution in [1.82, 2.24) is 15.0 Å². The molecule has 1 aliphatic heterocycles. The van der Waals surface area contributed by atoms with Crippen LogP contribution < -0.4 is 0 Å². The minimum atomic E-state index is -0.494. The van der Waals surface area contributed by atoms with Gasteiger partial charge in [-0.1, -0.05) is 5.16 Å². The number of amides is 1. The second-order valence-corrected chi connectivity index (χ2v) is 7.09. The van der Waals surface area contributed by atoms with Crippen LogP contribution in [0.2, 0.25) is 0 Å². The maximum absolute atomic E-state index is 13.1. The molecule has 0 unspecified atom stereocenters. The van der Waals surface area contributed by atoms with Gasteiger partial charge < -0.3 is 18.7 Å². The van der Waals surface area contributed by atoms with Gasteiger partial charge in [-0.25, -0.2) is 0 Å². The molecule has 3 heterocycles. The van der Waals surface area contributed by atoms with E-state index in [1.807, 2.05) is 30.1 Å². The molecule has 0 N–H and O–H groups in total. The number of likely N-dealkylation sites (tertiary alicyclic amines) is 1. The predicted molar refractivity (Wildman–Crippen MR) is 88.4 cm³/mol. The highest BCUT2D eigenvalue weighted by Crippen LogP contribution is 2.50. The van der Waals surface area contributed by atoms with E-state index in [9.17, 15) is 4.79 Å². The second-order valence-electron chi connectivity index (χ2n) is 7.09. The van der Waals surface area contributed by atoms with Gasteiger partial charge in [0.05, 0.1) is 17.4 Å². The number of carbonyl (C=O) groups is 1. The molecule has 1 aliphatic carbocycles. The van der Waals surface area contributed by atoms with Gasteiger partial charge in [0.25, 0.3) is 0 Å². The van der Waals surface area contributed by atoms with E-state index in [-0.39, 0.29) is 5.91 Å². The standard InChI is InChI=1S/C18H23N3O3/c1-20-9-5-13(6-10-20)21(2)17(22)18(7-8-18)16-12-15(24-19-16)14-4-3-11-23-14/h3-4,11-13H,5-10H2,1-2H3. The fourth-order valence-electron chi connectivity index (χ4n) is 3.63. The summed E-state index contributed by atoms with van der Waals surface area (Å²) < 4.78 is 10.7. The number of likely N-dealkylation sites (N-methyl/N-ethyl adjacent to an activating group) is 1. The number of hydrogen-bond donors (Lipinski definition) is 0. The van der Waals surface area contributed by atoms with E-state index in [1.54, 1.807) is 6.26 Å². The van der Waals surface area contributed by atoms with Crippen molar-refractivity contribution in [3.05, 3.63) is 30.2 Å². The van der Waals surface area contributed by atoms with E-state index >= 15 is 0 Å². The van der Waals surface area contributed by atoms with Crippen LogP contribution >= 0.6 is 0 Å². The number of piperidine rings is 1. The Labute approximate surface area is 141 Å². The van der Waals surface area contributed by atoms with Crippen molar-refractivity contribution in [2.45, 2.75) is 37.1 Å². The molecule has 6 nitrogen and oxygen atoms in total. The Hall–Kier alpha value is -2.08. The number of rotatable bonds is 4. The molecule has 6 heteroatoms. The normalized spacial score (nSPS) is 20.9. The minimum absolute atomic E-state index is 0.177. The van der Waals surface area contributed by atoms with Crippen LogP contribution in [0.3, 0.4) is 0 Å². The molecular formula is C18H23N3O3. The largest absolute Gasteiger partial charge is 0.461 e. The highest BCUT2D eigenvalue weighted by atomic mass is 16.5. The molecule has 0 atom stereocenters. The summed E-state index contributed by atoms with van der Waals surface area (Å²) in [6.07, 6.45) is 5.35. The van der Waals surface area contributed by atoms with E-state index in [0.717, 1.165) is 44.5 Å². The minimum Gasteiger partial charge on any atom is -0.461 e. The Bertz CT molecular complexity index is 710. The first-order valence-electron chi connectivity index (χ1n) is 8.57. The Kier molecular flexibility index (Phi) is 3.72. The second kappa shape index (κ2) is 5.77. The van der Waals surface area contributed by atoms with Gasteiger partial charge in [0.1, 0.15) is 0 Å². The summed E-state index contributed by atoms with van der Waals surface area (Å²) in [4.78, 5) is 17.4. The Morgan fingerprint density at radius 1 is 1.33 bits per heavy atom. The molecule has 0 bridgehead atoms. The lowest BCUT2D eigenvalue weighted by Gasteiger charge is -2.36. The van der Waals surface area contributed by atoms with Crippen molar-refractivity contribution in [3.63, 3.8) is 0 Å². The van der Waals surface area contributed by atoms with Crippen LogP contribution in [0.15, 0.2) is 33.4 Å². The summed E-state index contributed by atoms with van der Waals surface area (Å²) in [5, 5.41) is 4.18. The van der Waals surface area contributed by atoms with Crippen LogP contribution in [-0.4, -0.2) is 54.1 Å². The highest BCUT2D eigenvalue weighted by Gasteiger charge is 2.55. The molecule has 2 aromatic heterocycles. The first-order valence-corrected chi connectivity index (χ1v) is 8.57. The lowest BCUT2D eigenvalue weighted by Crippen LogP contribution is -2.47. The third-order valence-electron chi connectivity index (χ3n) is 5.48. The predicted octanol–water partition coefficient (Wildman–Crippen LogP) is 2.52. The average molecular weight is 329 g/mol. The van der Waals surface area contributed by atoms with Crippen LogP contribution in [-0.2, 0) is 10.2 Å². The Morgan fingerprint density at radius 2 is 2.08 bits per heavy atom. The fraction of sp³-hybridized carbons (Fsp3) is 0.556. The molecule has 2 aromatic rings. The molecule has 0 radical (unpaired) electrons. The first kappa shape index (κ1) is 15.4. The molecule has 4 rings (SSSR count). The first-order chi connectivity index (χ1) is 11.6. The highest BCUT2D eigenvalue weighted by molar-refractivity contribution is 5.91. The Balaban J connectivity index is 1.51. The average Bonchev–Trinajstić information content (AvgIpc) is 3.03. The van der Waals surface area contributed by atoms with E-state index in [4.69, 9.17) is 8.94 Å². The third kappa shape index (κ3) is 2.55. The monoisotopic (exact) mass is 329 g/mol. The van der Waals surface area contributed by atoms with Crippen molar-refractivity contribution in [1.29, 1.82) is 0 Å².